The predicted octanol–water partition coefficient (Wildman–Crippen LogP) is 4.30. The van der Waals surface area contributed by atoms with Crippen LogP contribution in [0.4, 0.5) is 5.69 Å². The summed E-state index contributed by atoms with van der Waals surface area (Å²) in [7, 11) is 0. The van der Waals surface area contributed by atoms with E-state index >= 15 is 0 Å². The Morgan fingerprint density at radius 1 is 0.871 bits per heavy atom. The number of nitrogens with one attached hydrogen (secondary N) is 2. The number of para-hydroxylation sites is 1. The van der Waals surface area contributed by atoms with Crippen LogP contribution >= 0.6 is 23.2 Å². The van der Waals surface area contributed by atoms with Gasteiger partial charge in [-0.05, 0) is 54.1 Å². The second-order valence-electron chi connectivity index (χ2n) is 6.10. The van der Waals surface area contributed by atoms with Crippen LogP contribution in [0.1, 0.15) is 15.9 Å². The fraction of sp³-hybridized carbons (Fsp3) is 0. The quantitative estimate of drug-likeness (QED) is 0.197. The lowest BCUT2D eigenvalue weighted by molar-refractivity contribution is -0.136. The molecular formula is C22H15Cl2N3O4. The highest BCUT2D eigenvalue weighted by atomic mass is 35.5. The molecule has 0 spiro atoms. The molecule has 156 valence electrons. The first-order chi connectivity index (χ1) is 14.9. The highest BCUT2D eigenvalue weighted by molar-refractivity contribution is 6.41. The minimum absolute atomic E-state index is 0.284. The van der Waals surface area contributed by atoms with Crippen LogP contribution in [-0.2, 0) is 9.59 Å². The van der Waals surface area contributed by atoms with Gasteiger partial charge < -0.3 is 10.1 Å². The van der Waals surface area contributed by atoms with Gasteiger partial charge in [0, 0.05) is 5.02 Å². The standard InChI is InChI=1S/C22H15Cl2N3O4/c23-16-10-8-15(9-11-16)22(30)31-17-5-3-4-14(12-17)13-25-27-21(29)20(28)26-19-7-2-1-6-18(19)24/h1-13H,(H,26,28)(H,27,29). The molecule has 0 unspecified atom stereocenters. The number of hydrogen-bond donors (Lipinski definition) is 2. The Bertz CT molecular complexity index is 1150. The van der Waals surface area contributed by atoms with Crippen LogP contribution in [0.25, 0.3) is 0 Å². The topological polar surface area (TPSA) is 96.9 Å². The van der Waals surface area contributed by atoms with Gasteiger partial charge in [-0.25, -0.2) is 10.2 Å². The normalized spacial score (nSPS) is 10.5. The number of anilines is 1. The van der Waals surface area contributed by atoms with Gasteiger partial charge in [0.1, 0.15) is 5.75 Å². The predicted molar refractivity (Wildman–Crippen MR) is 119 cm³/mol. The Hall–Kier alpha value is -3.68. The zero-order valence-corrected chi connectivity index (χ0v) is 17.4. The van der Waals surface area contributed by atoms with Crippen LogP contribution in [0.5, 0.6) is 5.75 Å². The maximum atomic E-state index is 12.2. The molecule has 0 saturated carbocycles. The summed E-state index contributed by atoms with van der Waals surface area (Å²) in [6, 6.07) is 19.3. The number of nitrogens with zero attached hydrogens (tertiary/aromatic N) is 1. The van der Waals surface area contributed by atoms with E-state index in [2.05, 4.69) is 15.8 Å². The van der Waals surface area contributed by atoms with Crippen LogP contribution in [0.3, 0.4) is 0 Å². The van der Waals surface area contributed by atoms with Crippen molar-refractivity contribution in [1.82, 2.24) is 5.43 Å². The van der Waals surface area contributed by atoms with Gasteiger partial charge in [-0.2, -0.15) is 5.10 Å². The van der Waals surface area contributed by atoms with Gasteiger partial charge in [0.2, 0.25) is 0 Å². The molecule has 2 N–H and O–H groups in total. The zero-order valence-electron chi connectivity index (χ0n) is 15.8. The number of carbonyl (C=O) groups is 3. The SMILES string of the molecule is O=C(NN=Cc1cccc(OC(=O)c2ccc(Cl)cc2)c1)C(=O)Nc1ccccc1Cl. The fourth-order valence-corrected chi connectivity index (χ4v) is 2.68. The molecule has 0 aliphatic heterocycles. The zero-order chi connectivity index (χ0) is 22.2. The number of hydrazone groups is 1. The Labute approximate surface area is 187 Å². The first kappa shape index (κ1) is 22.0. The van der Waals surface area contributed by atoms with E-state index in [1.165, 1.54) is 6.21 Å². The number of carbonyl (C=O) groups excluding carboxylic acids is 3. The number of ether oxygens (including phenoxy) is 1. The van der Waals surface area contributed by atoms with Crippen molar-refractivity contribution in [3.8, 4) is 5.75 Å². The molecule has 2 amide bonds. The average molecular weight is 456 g/mol. The van der Waals surface area contributed by atoms with Gasteiger partial charge in [-0.15, -0.1) is 0 Å². The molecule has 7 nitrogen and oxygen atoms in total. The van der Waals surface area contributed by atoms with Crippen LogP contribution in [0, 0.1) is 0 Å². The molecule has 0 radical (unpaired) electrons. The number of rotatable bonds is 5. The van der Waals surface area contributed by atoms with Crippen molar-refractivity contribution in [2.24, 2.45) is 5.10 Å². The second-order valence-corrected chi connectivity index (χ2v) is 6.95. The minimum Gasteiger partial charge on any atom is -0.423 e. The van der Waals surface area contributed by atoms with E-state index in [0.29, 0.717) is 26.9 Å². The summed E-state index contributed by atoms with van der Waals surface area (Å²) >= 11 is 11.7. The average Bonchev–Trinajstić information content (AvgIpc) is 2.76. The third-order valence-electron chi connectivity index (χ3n) is 3.86. The van der Waals surface area contributed by atoms with Gasteiger partial charge in [0.15, 0.2) is 0 Å². The van der Waals surface area contributed by atoms with Gasteiger partial charge in [0.25, 0.3) is 0 Å². The minimum atomic E-state index is -0.971. The molecule has 3 aromatic rings. The largest absolute Gasteiger partial charge is 0.423 e. The molecule has 3 rings (SSSR count). The van der Waals surface area contributed by atoms with Crippen molar-refractivity contribution < 1.29 is 19.1 Å². The molecular weight excluding hydrogens is 441 g/mol. The summed E-state index contributed by atoms with van der Waals surface area (Å²) < 4.78 is 5.32. The van der Waals surface area contributed by atoms with Crippen LogP contribution < -0.4 is 15.5 Å². The van der Waals surface area contributed by atoms with Crippen molar-refractivity contribution in [2.45, 2.75) is 0 Å². The first-order valence-electron chi connectivity index (χ1n) is 8.89. The molecule has 0 heterocycles. The highest BCUT2D eigenvalue weighted by Crippen LogP contribution is 2.20. The Kier molecular flexibility index (Phi) is 7.37. The van der Waals surface area contributed by atoms with E-state index in [1.54, 1.807) is 72.8 Å². The molecule has 0 saturated heterocycles. The van der Waals surface area contributed by atoms with Gasteiger partial charge in [0.05, 0.1) is 22.5 Å². The molecule has 0 bridgehead atoms. The molecule has 3 aromatic carbocycles. The summed E-state index contributed by atoms with van der Waals surface area (Å²) in [4.78, 5) is 36.0. The summed E-state index contributed by atoms with van der Waals surface area (Å²) in [5.74, 6) is -2.15. The Morgan fingerprint density at radius 3 is 2.35 bits per heavy atom. The van der Waals surface area contributed by atoms with Crippen molar-refractivity contribution >= 4 is 52.9 Å². The second kappa shape index (κ2) is 10.4. The molecule has 31 heavy (non-hydrogen) atoms. The van der Waals surface area contributed by atoms with Crippen LogP contribution in [0.2, 0.25) is 10.0 Å². The number of amides is 2. The summed E-state index contributed by atoms with van der Waals surface area (Å²) in [5.41, 5.74) is 3.31. The van der Waals surface area contributed by atoms with Crippen LogP contribution in [-0.4, -0.2) is 24.0 Å². The van der Waals surface area contributed by atoms with E-state index < -0.39 is 17.8 Å². The third-order valence-corrected chi connectivity index (χ3v) is 4.44. The van der Waals surface area contributed by atoms with Gasteiger partial charge in [-0.3, -0.25) is 9.59 Å². The third kappa shape index (κ3) is 6.40. The first-order valence-corrected chi connectivity index (χ1v) is 9.65. The molecule has 0 aromatic heterocycles. The van der Waals surface area contributed by atoms with Gasteiger partial charge in [-0.1, -0.05) is 47.5 Å². The summed E-state index contributed by atoms with van der Waals surface area (Å²) in [6.07, 6.45) is 1.31. The number of benzene rings is 3. The number of hydrogen-bond acceptors (Lipinski definition) is 5. The summed E-state index contributed by atoms with van der Waals surface area (Å²) in [5, 5.41) is 6.94. The van der Waals surface area contributed by atoms with Crippen molar-refractivity contribution in [1.29, 1.82) is 0 Å². The van der Waals surface area contributed by atoms with Gasteiger partial charge >= 0.3 is 17.8 Å². The molecule has 0 aliphatic carbocycles. The monoisotopic (exact) mass is 455 g/mol. The lowest BCUT2D eigenvalue weighted by Gasteiger charge is -2.06. The highest BCUT2D eigenvalue weighted by Gasteiger charge is 2.14. The van der Waals surface area contributed by atoms with E-state index in [1.807, 2.05) is 0 Å². The lowest BCUT2D eigenvalue weighted by atomic mass is 10.2. The molecule has 9 heteroatoms. The smallest absolute Gasteiger partial charge is 0.343 e. The maximum absolute atomic E-state index is 12.2. The van der Waals surface area contributed by atoms with Crippen molar-refractivity contribution in [2.75, 3.05) is 5.32 Å². The molecule has 0 aliphatic rings. The number of esters is 1. The van der Waals surface area contributed by atoms with Crippen molar-refractivity contribution in [3.05, 3.63) is 94.0 Å². The van der Waals surface area contributed by atoms with Crippen molar-refractivity contribution in [3.63, 3.8) is 0 Å². The molecule has 0 fully saturated rings. The van der Waals surface area contributed by atoms with E-state index in [9.17, 15) is 14.4 Å². The summed E-state index contributed by atoms with van der Waals surface area (Å²) in [6.45, 7) is 0. The van der Waals surface area contributed by atoms with E-state index in [4.69, 9.17) is 27.9 Å². The Balaban J connectivity index is 1.57. The Morgan fingerprint density at radius 2 is 1.61 bits per heavy atom. The molecule has 0 atom stereocenters. The van der Waals surface area contributed by atoms with Crippen LogP contribution in [0.15, 0.2) is 77.9 Å². The van der Waals surface area contributed by atoms with E-state index in [-0.39, 0.29) is 5.75 Å². The fourth-order valence-electron chi connectivity index (χ4n) is 2.37. The van der Waals surface area contributed by atoms with E-state index in [0.717, 1.165) is 0 Å². The lowest BCUT2D eigenvalue weighted by Crippen LogP contribution is -2.32. The maximum Gasteiger partial charge on any atom is 0.343 e. The number of halogens is 2.